The standard InChI is InChI=1S/C16H15ClN2O3/c1-2-22-14-10-6-4-8-12(14)16(21)19-18-15(20)11-7-3-5-9-13(11)17/h3-10H,2H2,1H3,(H,18,20)(H,19,21). The minimum Gasteiger partial charge on any atom is -0.493 e. The summed E-state index contributed by atoms with van der Waals surface area (Å²) in [5, 5.41) is 0.309. The highest BCUT2D eigenvalue weighted by Gasteiger charge is 2.14. The van der Waals surface area contributed by atoms with Crippen molar-refractivity contribution in [3.05, 3.63) is 64.7 Å². The van der Waals surface area contributed by atoms with E-state index in [1.807, 2.05) is 6.92 Å². The summed E-state index contributed by atoms with van der Waals surface area (Å²) in [5.41, 5.74) is 5.29. The number of benzene rings is 2. The zero-order chi connectivity index (χ0) is 15.9. The molecular weight excluding hydrogens is 304 g/mol. The lowest BCUT2D eigenvalue weighted by molar-refractivity contribution is 0.0844. The fourth-order valence-electron chi connectivity index (χ4n) is 1.83. The minimum atomic E-state index is -0.493. The second-order valence-electron chi connectivity index (χ2n) is 4.32. The van der Waals surface area contributed by atoms with Crippen molar-refractivity contribution in [3.8, 4) is 5.75 Å². The maximum Gasteiger partial charge on any atom is 0.273 e. The summed E-state index contributed by atoms with van der Waals surface area (Å²) in [7, 11) is 0. The van der Waals surface area contributed by atoms with E-state index in [4.69, 9.17) is 16.3 Å². The van der Waals surface area contributed by atoms with Crippen LogP contribution in [0.5, 0.6) is 5.75 Å². The SMILES string of the molecule is CCOc1ccccc1C(=O)NNC(=O)c1ccccc1Cl. The van der Waals surface area contributed by atoms with E-state index in [0.29, 0.717) is 22.9 Å². The summed E-state index contributed by atoms with van der Waals surface area (Å²) in [6.45, 7) is 2.27. The Morgan fingerprint density at radius 3 is 2.14 bits per heavy atom. The summed E-state index contributed by atoms with van der Waals surface area (Å²) < 4.78 is 5.37. The molecule has 0 saturated heterocycles. The van der Waals surface area contributed by atoms with Crippen LogP contribution in [0.3, 0.4) is 0 Å². The molecule has 0 bridgehead atoms. The highest BCUT2D eigenvalue weighted by molar-refractivity contribution is 6.33. The lowest BCUT2D eigenvalue weighted by Crippen LogP contribution is -2.41. The number of carbonyl (C=O) groups is 2. The molecule has 0 unspecified atom stereocenters. The smallest absolute Gasteiger partial charge is 0.273 e. The summed E-state index contributed by atoms with van der Waals surface area (Å²) in [5.74, 6) is -0.508. The van der Waals surface area contributed by atoms with Crippen molar-refractivity contribution in [2.45, 2.75) is 6.92 Å². The molecule has 0 aliphatic rings. The van der Waals surface area contributed by atoms with Gasteiger partial charge in [-0.05, 0) is 31.2 Å². The third-order valence-corrected chi connectivity index (χ3v) is 3.17. The largest absolute Gasteiger partial charge is 0.493 e. The number of amides is 2. The van der Waals surface area contributed by atoms with Crippen LogP contribution in [0.25, 0.3) is 0 Å². The van der Waals surface area contributed by atoms with Gasteiger partial charge in [-0.3, -0.25) is 20.4 Å². The van der Waals surface area contributed by atoms with Gasteiger partial charge in [0.15, 0.2) is 0 Å². The van der Waals surface area contributed by atoms with Crippen LogP contribution in [-0.4, -0.2) is 18.4 Å². The molecule has 0 aliphatic heterocycles. The Balaban J connectivity index is 2.04. The second kappa shape index (κ2) is 7.47. The van der Waals surface area contributed by atoms with Crippen LogP contribution < -0.4 is 15.6 Å². The lowest BCUT2D eigenvalue weighted by Gasteiger charge is -2.11. The van der Waals surface area contributed by atoms with Crippen LogP contribution >= 0.6 is 11.6 Å². The first-order valence-electron chi connectivity index (χ1n) is 6.70. The molecule has 6 heteroatoms. The van der Waals surface area contributed by atoms with Crippen molar-refractivity contribution in [2.24, 2.45) is 0 Å². The molecule has 2 aromatic rings. The lowest BCUT2D eigenvalue weighted by atomic mass is 10.2. The van der Waals surface area contributed by atoms with Gasteiger partial charge in [-0.25, -0.2) is 0 Å². The van der Waals surface area contributed by atoms with E-state index >= 15 is 0 Å². The second-order valence-corrected chi connectivity index (χ2v) is 4.72. The van der Waals surface area contributed by atoms with E-state index in [1.54, 1.807) is 48.5 Å². The van der Waals surface area contributed by atoms with Crippen LogP contribution in [0.15, 0.2) is 48.5 Å². The fourth-order valence-corrected chi connectivity index (χ4v) is 2.05. The Morgan fingerprint density at radius 1 is 0.955 bits per heavy atom. The topological polar surface area (TPSA) is 67.4 Å². The van der Waals surface area contributed by atoms with Gasteiger partial charge in [-0.1, -0.05) is 35.9 Å². The zero-order valence-electron chi connectivity index (χ0n) is 11.9. The van der Waals surface area contributed by atoms with E-state index in [-0.39, 0.29) is 5.56 Å². The monoisotopic (exact) mass is 318 g/mol. The number of carbonyl (C=O) groups excluding carboxylic acids is 2. The molecule has 22 heavy (non-hydrogen) atoms. The summed E-state index contributed by atoms with van der Waals surface area (Å²) >= 11 is 5.92. The van der Waals surface area contributed by atoms with Crippen LogP contribution in [0, 0.1) is 0 Å². The number of hydrazine groups is 1. The summed E-state index contributed by atoms with van der Waals surface area (Å²) in [4.78, 5) is 24.1. The molecule has 0 radical (unpaired) electrons. The molecule has 0 saturated carbocycles. The first-order chi connectivity index (χ1) is 10.6. The van der Waals surface area contributed by atoms with Crippen molar-refractivity contribution < 1.29 is 14.3 Å². The van der Waals surface area contributed by atoms with Crippen LogP contribution in [0.4, 0.5) is 0 Å². The van der Waals surface area contributed by atoms with E-state index in [0.717, 1.165) is 0 Å². The number of hydrogen-bond acceptors (Lipinski definition) is 3. The number of halogens is 1. The molecule has 2 rings (SSSR count). The molecule has 0 heterocycles. The number of para-hydroxylation sites is 1. The van der Waals surface area contributed by atoms with Gasteiger partial charge in [0.2, 0.25) is 0 Å². The highest BCUT2D eigenvalue weighted by Crippen LogP contribution is 2.17. The predicted octanol–water partition coefficient (Wildman–Crippen LogP) is 2.81. The number of rotatable bonds is 4. The number of ether oxygens (including phenoxy) is 1. The van der Waals surface area contributed by atoms with E-state index in [2.05, 4.69) is 10.9 Å². The molecule has 114 valence electrons. The Morgan fingerprint density at radius 2 is 1.50 bits per heavy atom. The molecule has 0 fully saturated rings. The maximum atomic E-state index is 12.1. The van der Waals surface area contributed by atoms with E-state index in [1.165, 1.54) is 0 Å². The number of nitrogens with one attached hydrogen (secondary N) is 2. The molecule has 0 spiro atoms. The van der Waals surface area contributed by atoms with Gasteiger partial charge in [-0.2, -0.15) is 0 Å². The Hall–Kier alpha value is -2.53. The van der Waals surface area contributed by atoms with Gasteiger partial charge in [0, 0.05) is 0 Å². The van der Waals surface area contributed by atoms with Crippen molar-refractivity contribution in [3.63, 3.8) is 0 Å². The van der Waals surface area contributed by atoms with E-state index < -0.39 is 11.8 Å². The van der Waals surface area contributed by atoms with E-state index in [9.17, 15) is 9.59 Å². The molecule has 2 N–H and O–H groups in total. The van der Waals surface area contributed by atoms with Gasteiger partial charge in [-0.15, -0.1) is 0 Å². The molecule has 2 aromatic carbocycles. The highest BCUT2D eigenvalue weighted by atomic mass is 35.5. The Labute approximate surface area is 133 Å². The van der Waals surface area contributed by atoms with Crippen LogP contribution in [0.2, 0.25) is 5.02 Å². The summed E-state index contributed by atoms with van der Waals surface area (Å²) in [6.07, 6.45) is 0. The molecule has 0 aliphatic carbocycles. The maximum absolute atomic E-state index is 12.1. The van der Waals surface area contributed by atoms with Crippen molar-refractivity contribution in [1.82, 2.24) is 10.9 Å². The molecule has 0 atom stereocenters. The number of hydrogen-bond donors (Lipinski definition) is 2. The van der Waals surface area contributed by atoms with Crippen molar-refractivity contribution in [1.29, 1.82) is 0 Å². The first kappa shape index (κ1) is 15.9. The molecule has 0 aromatic heterocycles. The minimum absolute atomic E-state index is 0.280. The van der Waals surface area contributed by atoms with Gasteiger partial charge in [0.1, 0.15) is 5.75 Å². The molecular formula is C16H15ClN2O3. The van der Waals surface area contributed by atoms with Gasteiger partial charge < -0.3 is 4.74 Å². The summed E-state index contributed by atoms with van der Waals surface area (Å²) in [6, 6.07) is 13.4. The average Bonchev–Trinajstić information content (AvgIpc) is 2.53. The van der Waals surface area contributed by atoms with Crippen LogP contribution in [0.1, 0.15) is 27.6 Å². The van der Waals surface area contributed by atoms with Crippen molar-refractivity contribution >= 4 is 23.4 Å². The average molecular weight is 319 g/mol. The Bertz CT molecular complexity index is 689. The predicted molar refractivity (Wildman–Crippen MR) is 84.0 cm³/mol. The normalized spacial score (nSPS) is 9.91. The third kappa shape index (κ3) is 3.77. The van der Waals surface area contributed by atoms with Crippen LogP contribution in [-0.2, 0) is 0 Å². The molecule has 5 nitrogen and oxygen atoms in total. The first-order valence-corrected chi connectivity index (χ1v) is 7.08. The quantitative estimate of drug-likeness (QED) is 0.852. The van der Waals surface area contributed by atoms with Gasteiger partial charge in [0.25, 0.3) is 11.8 Å². The Kier molecular flexibility index (Phi) is 5.38. The molecule has 2 amide bonds. The van der Waals surface area contributed by atoms with Crippen molar-refractivity contribution in [2.75, 3.05) is 6.61 Å². The zero-order valence-corrected chi connectivity index (χ0v) is 12.7. The van der Waals surface area contributed by atoms with Gasteiger partial charge >= 0.3 is 0 Å². The fraction of sp³-hybridized carbons (Fsp3) is 0.125. The third-order valence-electron chi connectivity index (χ3n) is 2.84. The van der Waals surface area contributed by atoms with Gasteiger partial charge in [0.05, 0.1) is 22.8 Å².